The van der Waals surface area contributed by atoms with Crippen LogP contribution in [-0.4, -0.2) is 18.0 Å². The fourth-order valence-electron chi connectivity index (χ4n) is 2.23. The Bertz CT molecular complexity index is 988. The van der Waals surface area contributed by atoms with Crippen molar-refractivity contribution in [2.45, 2.75) is 19.6 Å². The Hall–Kier alpha value is -2.64. The summed E-state index contributed by atoms with van der Waals surface area (Å²) in [5.74, 6) is 3.81. The van der Waals surface area contributed by atoms with E-state index < -0.39 is 8.07 Å². The minimum absolute atomic E-state index is 0.121. The molecule has 0 aliphatic rings. The molecule has 0 fully saturated rings. The van der Waals surface area contributed by atoms with Gasteiger partial charge < -0.3 is 4.98 Å². The van der Waals surface area contributed by atoms with Gasteiger partial charge in [0.1, 0.15) is 13.9 Å². The number of hydrogen-bond donors (Lipinski definition) is 1. The minimum Gasteiger partial charge on any atom is -0.306 e. The maximum absolute atomic E-state index is 12.2. The molecule has 0 bridgehead atoms. The molecule has 0 saturated heterocycles. The zero-order valence-corrected chi connectivity index (χ0v) is 14.5. The van der Waals surface area contributed by atoms with Crippen molar-refractivity contribution in [2.24, 2.45) is 0 Å². The lowest BCUT2D eigenvalue weighted by Crippen LogP contribution is -2.16. The van der Waals surface area contributed by atoms with Gasteiger partial charge in [-0.3, -0.25) is 4.79 Å². The predicted molar refractivity (Wildman–Crippen MR) is 98.0 cm³/mol. The van der Waals surface area contributed by atoms with E-state index in [1.54, 1.807) is 6.07 Å². The Kier molecular flexibility index (Phi) is 3.89. The van der Waals surface area contributed by atoms with E-state index in [2.05, 4.69) is 41.1 Å². The van der Waals surface area contributed by atoms with Gasteiger partial charge in [-0.1, -0.05) is 49.8 Å². The highest BCUT2D eigenvalue weighted by Gasteiger charge is 2.08. The highest BCUT2D eigenvalue weighted by molar-refractivity contribution is 6.83. The molecule has 114 valence electrons. The van der Waals surface area contributed by atoms with Crippen LogP contribution >= 0.6 is 0 Å². The molecule has 0 radical (unpaired) electrons. The van der Waals surface area contributed by atoms with E-state index in [1.807, 2.05) is 42.5 Å². The van der Waals surface area contributed by atoms with E-state index in [1.165, 1.54) is 0 Å². The van der Waals surface area contributed by atoms with Gasteiger partial charge in [0.25, 0.3) is 5.56 Å². The molecule has 2 aromatic carbocycles. The zero-order chi connectivity index (χ0) is 16.4. The zero-order valence-electron chi connectivity index (χ0n) is 13.5. The van der Waals surface area contributed by atoms with Crippen molar-refractivity contribution in [3.8, 4) is 22.9 Å². The van der Waals surface area contributed by atoms with E-state index in [0.717, 1.165) is 11.1 Å². The molecule has 3 aromatic rings. The summed E-state index contributed by atoms with van der Waals surface area (Å²) in [6, 6.07) is 15.2. The lowest BCUT2D eigenvalue weighted by molar-refractivity contribution is 1.18. The van der Waals surface area contributed by atoms with Crippen LogP contribution in [0, 0.1) is 11.5 Å². The second kappa shape index (κ2) is 5.86. The molecule has 4 heteroatoms. The summed E-state index contributed by atoms with van der Waals surface area (Å²) in [5.41, 5.74) is 5.75. The van der Waals surface area contributed by atoms with Gasteiger partial charge in [0, 0.05) is 11.1 Å². The first-order valence-corrected chi connectivity index (χ1v) is 11.1. The van der Waals surface area contributed by atoms with Gasteiger partial charge in [-0.25, -0.2) is 4.98 Å². The monoisotopic (exact) mass is 318 g/mol. The quantitative estimate of drug-likeness (QED) is 0.547. The van der Waals surface area contributed by atoms with Crippen LogP contribution in [0.15, 0.2) is 53.3 Å². The summed E-state index contributed by atoms with van der Waals surface area (Å²) < 4.78 is 0. The fourth-order valence-corrected chi connectivity index (χ4v) is 2.75. The summed E-state index contributed by atoms with van der Waals surface area (Å²) in [7, 11) is -1.42. The van der Waals surface area contributed by atoms with Gasteiger partial charge in [0.15, 0.2) is 0 Å². The lowest BCUT2D eigenvalue weighted by atomic mass is 10.1. The van der Waals surface area contributed by atoms with Crippen LogP contribution in [0.4, 0.5) is 0 Å². The number of aromatic amines is 1. The van der Waals surface area contributed by atoms with Crippen molar-refractivity contribution < 1.29 is 0 Å². The molecule has 0 aliphatic heterocycles. The number of nitrogens with one attached hydrogen (secondary N) is 1. The fraction of sp³-hybridized carbons (Fsp3) is 0.158. The average molecular weight is 318 g/mol. The largest absolute Gasteiger partial charge is 0.306 e. The van der Waals surface area contributed by atoms with Crippen LogP contribution in [0.5, 0.6) is 0 Å². The van der Waals surface area contributed by atoms with Gasteiger partial charge in [0.05, 0.1) is 10.9 Å². The molecule has 0 spiro atoms. The topological polar surface area (TPSA) is 45.8 Å². The van der Waals surface area contributed by atoms with Crippen molar-refractivity contribution >= 4 is 19.0 Å². The second-order valence-electron chi connectivity index (χ2n) is 6.51. The Morgan fingerprint density at radius 1 is 1.04 bits per heavy atom. The number of fused-ring (bicyclic) bond motifs is 1. The third-order valence-corrected chi connectivity index (χ3v) is 4.21. The third-order valence-electron chi connectivity index (χ3n) is 3.33. The van der Waals surface area contributed by atoms with Crippen molar-refractivity contribution in [1.29, 1.82) is 0 Å². The molecule has 1 heterocycles. The van der Waals surface area contributed by atoms with Gasteiger partial charge in [-0.05, 0) is 24.3 Å². The molecular formula is C19H18N2OSi. The number of aromatic nitrogens is 2. The number of nitrogens with zero attached hydrogens (tertiary/aromatic N) is 1. The first kappa shape index (κ1) is 15.3. The maximum atomic E-state index is 12.2. The van der Waals surface area contributed by atoms with Gasteiger partial charge in [0.2, 0.25) is 0 Å². The standard InChI is InChI=1S/C19H18N2OSi/c1-23(2,3)12-11-14-7-6-8-15(13-14)18-20-17-10-5-4-9-16(17)19(22)21-18/h4-10,13H,1-3H3,(H,20,21,22). The van der Waals surface area contributed by atoms with Crippen LogP contribution in [0.2, 0.25) is 19.6 Å². The van der Waals surface area contributed by atoms with E-state index in [-0.39, 0.29) is 5.56 Å². The molecule has 1 N–H and O–H groups in total. The van der Waals surface area contributed by atoms with Gasteiger partial charge in [-0.2, -0.15) is 0 Å². The van der Waals surface area contributed by atoms with Crippen molar-refractivity contribution in [3.05, 3.63) is 64.4 Å². The summed E-state index contributed by atoms with van der Waals surface area (Å²) in [6.07, 6.45) is 0. The normalized spacial score (nSPS) is 11.1. The van der Waals surface area contributed by atoms with E-state index in [4.69, 9.17) is 0 Å². The number of para-hydroxylation sites is 1. The highest BCUT2D eigenvalue weighted by Crippen LogP contribution is 2.17. The number of H-pyrrole nitrogens is 1. The maximum Gasteiger partial charge on any atom is 0.259 e. The van der Waals surface area contributed by atoms with Crippen molar-refractivity contribution in [2.75, 3.05) is 0 Å². The van der Waals surface area contributed by atoms with Crippen LogP contribution in [0.3, 0.4) is 0 Å². The highest BCUT2D eigenvalue weighted by atomic mass is 28.3. The summed E-state index contributed by atoms with van der Waals surface area (Å²) in [5, 5.41) is 0.603. The van der Waals surface area contributed by atoms with Gasteiger partial charge >= 0.3 is 0 Å². The molecule has 1 aromatic heterocycles. The van der Waals surface area contributed by atoms with E-state index in [9.17, 15) is 4.79 Å². The Balaban J connectivity index is 2.09. The minimum atomic E-state index is -1.42. The lowest BCUT2D eigenvalue weighted by Gasteiger charge is -2.05. The van der Waals surface area contributed by atoms with Crippen LogP contribution in [-0.2, 0) is 0 Å². The third kappa shape index (κ3) is 3.58. The molecule has 3 nitrogen and oxygen atoms in total. The molecule has 0 aliphatic carbocycles. The molecular weight excluding hydrogens is 300 g/mol. The summed E-state index contributed by atoms with van der Waals surface area (Å²) in [6.45, 7) is 6.64. The number of rotatable bonds is 1. The van der Waals surface area contributed by atoms with Crippen LogP contribution in [0.1, 0.15) is 5.56 Å². The van der Waals surface area contributed by atoms with Crippen molar-refractivity contribution in [3.63, 3.8) is 0 Å². The molecule has 0 amide bonds. The first-order chi connectivity index (χ1) is 10.9. The number of benzene rings is 2. The average Bonchev–Trinajstić information content (AvgIpc) is 2.53. The Morgan fingerprint density at radius 2 is 1.83 bits per heavy atom. The van der Waals surface area contributed by atoms with E-state index in [0.29, 0.717) is 16.7 Å². The van der Waals surface area contributed by atoms with Crippen molar-refractivity contribution in [1.82, 2.24) is 9.97 Å². The number of hydrogen-bond acceptors (Lipinski definition) is 2. The predicted octanol–water partition coefficient (Wildman–Crippen LogP) is 3.82. The first-order valence-electron chi connectivity index (χ1n) is 7.55. The molecule has 0 unspecified atom stereocenters. The van der Waals surface area contributed by atoms with Gasteiger partial charge in [-0.15, -0.1) is 5.54 Å². The Labute approximate surface area is 136 Å². The molecule has 23 heavy (non-hydrogen) atoms. The SMILES string of the molecule is C[Si](C)(C)C#Cc1cccc(-c2nc3ccccc3c(=O)[nH]2)c1. The summed E-state index contributed by atoms with van der Waals surface area (Å²) in [4.78, 5) is 19.6. The van der Waals surface area contributed by atoms with E-state index >= 15 is 0 Å². The Morgan fingerprint density at radius 3 is 2.61 bits per heavy atom. The molecule has 0 atom stereocenters. The smallest absolute Gasteiger partial charge is 0.259 e. The summed E-state index contributed by atoms with van der Waals surface area (Å²) >= 11 is 0. The second-order valence-corrected chi connectivity index (χ2v) is 11.3. The van der Waals surface area contributed by atoms with Crippen LogP contribution in [0.25, 0.3) is 22.3 Å². The molecule has 3 rings (SSSR count). The molecule has 0 saturated carbocycles. The van der Waals surface area contributed by atoms with Crippen LogP contribution < -0.4 is 5.56 Å².